The molecule has 0 fully saturated rings. The van der Waals surface area contributed by atoms with Crippen molar-refractivity contribution in [2.24, 2.45) is 0 Å². The van der Waals surface area contributed by atoms with Gasteiger partial charge < -0.3 is 9.67 Å². The second-order valence-corrected chi connectivity index (χ2v) is 8.52. The SMILES string of the molecule is O=C(O)CC1CCn2c1c(C(=O)c1ccc3ccccc3c1)c1c(Br)cc(F)cc12. The highest BCUT2D eigenvalue weighted by molar-refractivity contribution is 9.10. The van der Waals surface area contributed by atoms with E-state index in [4.69, 9.17) is 0 Å². The van der Waals surface area contributed by atoms with Crippen molar-refractivity contribution in [3.8, 4) is 0 Å². The van der Waals surface area contributed by atoms with Gasteiger partial charge >= 0.3 is 5.97 Å². The fourth-order valence-electron chi connectivity index (χ4n) is 4.61. The molecule has 3 aromatic carbocycles. The predicted molar refractivity (Wildman–Crippen MR) is 117 cm³/mol. The number of ketones is 1. The first-order valence-corrected chi connectivity index (χ1v) is 10.5. The number of carboxylic acid groups (broad SMARTS) is 1. The Kier molecular flexibility index (Phi) is 4.47. The number of carboxylic acids is 1. The average molecular weight is 466 g/mol. The molecule has 0 amide bonds. The van der Waals surface area contributed by atoms with Crippen LogP contribution in [0.2, 0.25) is 0 Å². The Bertz CT molecular complexity index is 1360. The van der Waals surface area contributed by atoms with E-state index in [1.165, 1.54) is 12.1 Å². The maximum absolute atomic E-state index is 14.2. The van der Waals surface area contributed by atoms with Gasteiger partial charge in [-0.25, -0.2) is 4.39 Å². The maximum Gasteiger partial charge on any atom is 0.304 e. The predicted octanol–water partition coefficient (Wildman–Crippen LogP) is 5.89. The molecule has 0 saturated carbocycles. The van der Waals surface area contributed by atoms with E-state index in [-0.39, 0.29) is 18.1 Å². The van der Waals surface area contributed by atoms with Gasteiger partial charge in [0.1, 0.15) is 5.82 Å². The lowest BCUT2D eigenvalue weighted by molar-refractivity contribution is -0.137. The molecule has 5 rings (SSSR count). The van der Waals surface area contributed by atoms with Crippen molar-refractivity contribution in [2.45, 2.75) is 25.3 Å². The van der Waals surface area contributed by atoms with Crippen LogP contribution in [0, 0.1) is 5.82 Å². The monoisotopic (exact) mass is 465 g/mol. The first-order valence-electron chi connectivity index (χ1n) is 9.70. The lowest BCUT2D eigenvalue weighted by Gasteiger charge is -2.11. The summed E-state index contributed by atoms with van der Waals surface area (Å²) in [5.41, 5.74) is 2.31. The van der Waals surface area contributed by atoms with E-state index in [0.29, 0.717) is 45.2 Å². The number of nitrogens with zero attached hydrogens (tertiary/aromatic N) is 1. The molecule has 1 unspecified atom stereocenters. The summed E-state index contributed by atoms with van der Waals surface area (Å²) < 4.78 is 16.6. The Hall–Kier alpha value is -2.99. The Labute approximate surface area is 180 Å². The minimum Gasteiger partial charge on any atom is -0.481 e. The molecule has 6 heteroatoms. The average Bonchev–Trinajstić information content (AvgIpc) is 3.25. The van der Waals surface area contributed by atoms with Crippen molar-refractivity contribution in [1.82, 2.24) is 4.57 Å². The highest BCUT2D eigenvalue weighted by atomic mass is 79.9. The number of aryl methyl sites for hydroxylation is 1. The zero-order valence-electron chi connectivity index (χ0n) is 15.9. The van der Waals surface area contributed by atoms with Gasteiger partial charge in [0.2, 0.25) is 0 Å². The van der Waals surface area contributed by atoms with Crippen LogP contribution >= 0.6 is 15.9 Å². The normalized spacial score (nSPS) is 15.6. The van der Waals surface area contributed by atoms with E-state index in [9.17, 15) is 19.1 Å². The number of aliphatic carboxylic acids is 1. The second kappa shape index (κ2) is 7.06. The highest BCUT2D eigenvalue weighted by Crippen LogP contribution is 2.43. The van der Waals surface area contributed by atoms with Gasteiger partial charge in [0, 0.05) is 33.6 Å². The molecule has 150 valence electrons. The smallest absolute Gasteiger partial charge is 0.304 e. The Morgan fingerprint density at radius 2 is 1.87 bits per heavy atom. The number of hydrogen-bond acceptors (Lipinski definition) is 2. The molecule has 2 heterocycles. The van der Waals surface area contributed by atoms with Crippen LogP contribution in [0.25, 0.3) is 21.7 Å². The number of carbonyl (C=O) groups excluding carboxylic acids is 1. The van der Waals surface area contributed by atoms with E-state index < -0.39 is 11.8 Å². The van der Waals surface area contributed by atoms with Crippen LogP contribution in [0.15, 0.2) is 59.1 Å². The van der Waals surface area contributed by atoms with Crippen molar-refractivity contribution < 1.29 is 19.1 Å². The lowest BCUT2D eigenvalue weighted by Crippen LogP contribution is -2.10. The molecule has 1 aromatic heterocycles. The van der Waals surface area contributed by atoms with Crippen LogP contribution in [0.5, 0.6) is 0 Å². The van der Waals surface area contributed by atoms with Crippen LogP contribution in [0.3, 0.4) is 0 Å². The van der Waals surface area contributed by atoms with Gasteiger partial charge in [-0.1, -0.05) is 36.4 Å². The van der Waals surface area contributed by atoms with Gasteiger partial charge in [0.05, 0.1) is 17.5 Å². The van der Waals surface area contributed by atoms with Crippen LogP contribution in [-0.4, -0.2) is 21.4 Å². The van der Waals surface area contributed by atoms with E-state index in [1.54, 1.807) is 6.07 Å². The van der Waals surface area contributed by atoms with E-state index in [2.05, 4.69) is 15.9 Å². The summed E-state index contributed by atoms with van der Waals surface area (Å²) in [6.45, 7) is 0.560. The molecule has 1 aliphatic rings. The fraction of sp³-hybridized carbons (Fsp3) is 0.167. The highest BCUT2D eigenvalue weighted by Gasteiger charge is 2.34. The zero-order valence-corrected chi connectivity index (χ0v) is 17.4. The minimum atomic E-state index is -0.909. The van der Waals surface area contributed by atoms with E-state index in [0.717, 1.165) is 10.8 Å². The molecule has 0 saturated heterocycles. The van der Waals surface area contributed by atoms with Crippen LogP contribution in [0.4, 0.5) is 4.39 Å². The topological polar surface area (TPSA) is 59.3 Å². The zero-order chi connectivity index (χ0) is 21.0. The minimum absolute atomic E-state index is 0.0611. The van der Waals surface area contributed by atoms with Gasteiger partial charge in [-0.15, -0.1) is 0 Å². The summed E-state index contributed by atoms with van der Waals surface area (Å²) >= 11 is 3.43. The van der Waals surface area contributed by atoms with Crippen molar-refractivity contribution in [1.29, 1.82) is 0 Å². The first kappa shape index (κ1) is 19.0. The molecule has 1 N–H and O–H groups in total. The summed E-state index contributed by atoms with van der Waals surface area (Å²) in [6.07, 6.45) is 0.554. The Morgan fingerprint density at radius 1 is 1.10 bits per heavy atom. The van der Waals surface area contributed by atoms with Gasteiger partial charge in [-0.05, 0) is 51.3 Å². The molecule has 4 nitrogen and oxygen atoms in total. The molecule has 1 atom stereocenters. The third kappa shape index (κ3) is 2.94. The first-order chi connectivity index (χ1) is 14.4. The van der Waals surface area contributed by atoms with Crippen molar-refractivity contribution in [3.63, 3.8) is 0 Å². The Balaban J connectivity index is 1.76. The van der Waals surface area contributed by atoms with Gasteiger partial charge in [-0.2, -0.15) is 0 Å². The van der Waals surface area contributed by atoms with Crippen molar-refractivity contribution >= 4 is 49.4 Å². The summed E-state index contributed by atoms with van der Waals surface area (Å²) in [7, 11) is 0. The number of rotatable bonds is 4. The molecular formula is C24H17BrFNO3. The fourth-order valence-corrected chi connectivity index (χ4v) is 5.23. The van der Waals surface area contributed by atoms with Crippen LogP contribution in [-0.2, 0) is 11.3 Å². The molecule has 0 radical (unpaired) electrons. The van der Waals surface area contributed by atoms with Crippen molar-refractivity contribution in [2.75, 3.05) is 0 Å². The number of aromatic nitrogens is 1. The molecule has 4 aromatic rings. The number of carbonyl (C=O) groups is 2. The molecular weight excluding hydrogens is 449 g/mol. The lowest BCUT2D eigenvalue weighted by atomic mass is 9.91. The number of fused-ring (bicyclic) bond motifs is 4. The molecule has 30 heavy (non-hydrogen) atoms. The Morgan fingerprint density at radius 3 is 2.63 bits per heavy atom. The van der Waals surface area contributed by atoms with Gasteiger partial charge in [0.15, 0.2) is 5.78 Å². The second-order valence-electron chi connectivity index (χ2n) is 7.67. The quantitative estimate of drug-likeness (QED) is 0.382. The molecule has 1 aliphatic heterocycles. The third-order valence-electron chi connectivity index (χ3n) is 5.87. The standard InChI is InChI=1S/C24H17BrFNO3/c25-18-11-17(26)12-19-21(18)22(23-15(10-20(28)29)7-8-27(19)23)24(30)16-6-5-13-3-1-2-4-14(13)9-16/h1-6,9,11-12,15H,7-8,10H2,(H,28,29). The van der Waals surface area contributed by atoms with E-state index in [1.807, 2.05) is 41.0 Å². The molecule has 0 aliphatic carbocycles. The van der Waals surface area contributed by atoms with Gasteiger partial charge in [0.25, 0.3) is 0 Å². The summed E-state index contributed by atoms with van der Waals surface area (Å²) in [5, 5.41) is 12.0. The number of benzene rings is 3. The maximum atomic E-state index is 14.2. The van der Waals surface area contributed by atoms with Crippen molar-refractivity contribution in [3.05, 3.63) is 81.7 Å². The third-order valence-corrected chi connectivity index (χ3v) is 6.49. The molecule has 0 spiro atoms. The molecule has 0 bridgehead atoms. The summed E-state index contributed by atoms with van der Waals surface area (Å²) in [4.78, 5) is 25.2. The van der Waals surface area contributed by atoms with Crippen LogP contribution in [0.1, 0.15) is 40.4 Å². The van der Waals surface area contributed by atoms with E-state index >= 15 is 0 Å². The van der Waals surface area contributed by atoms with Gasteiger partial charge in [-0.3, -0.25) is 9.59 Å². The van der Waals surface area contributed by atoms with Crippen LogP contribution < -0.4 is 0 Å². The number of hydrogen-bond donors (Lipinski definition) is 1. The largest absolute Gasteiger partial charge is 0.481 e. The number of halogens is 2. The summed E-state index contributed by atoms with van der Waals surface area (Å²) in [5.74, 6) is -1.78. The summed E-state index contributed by atoms with van der Waals surface area (Å²) in [6, 6.07) is 16.1.